The number of rotatable bonds is 2. The van der Waals surface area contributed by atoms with Crippen LogP contribution in [-0.2, 0) is 5.54 Å². The summed E-state index contributed by atoms with van der Waals surface area (Å²) in [6.07, 6.45) is 0. The van der Waals surface area contributed by atoms with Crippen LogP contribution in [0, 0.1) is 16.7 Å². The highest BCUT2D eigenvalue weighted by Gasteiger charge is 2.25. The van der Waals surface area contributed by atoms with E-state index in [9.17, 15) is 10.1 Å². The van der Waals surface area contributed by atoms with Gasteiger partial charge in [-0.25, -0.2) is 6.57 Å². The van der Waals surface area contributed by atoms with E-state index in [1.54, 1.807) is 26.0 Å². The van der Waals surface area contributed by atoms with Gasteiger partial charge in [-0.05, 0) is 12.1 Å². The number of non-ortho nitro benzene ring substituents is 1. The molecule has 0 spiro atoms. The van der Waals surface area contributed by atoms with Crippen LogP contribution in [-0.4, -0.2) is 4.92 Å². The van der Waals surface area contributed by atoms with Gasteiger partial charge in [0.25, 0.3) is 11.2 Å². The molecule has 1 aromatic rings. The molecule has 1 rings (SSSR count). The number of nitro groups is 1. The van der Waals surface area contributed by atoms with Crippen molar-refractivity contribution in [2.75, 3.05) is 0 Å². The minimum absolute atomic E-state index is 0.0505. The second kappa shape index (κ2) is 3.46. The normalized spacial score (nSPS) is 10.6. The molecule has 0 radical (unpaired) electrons. The third-order valence-electron chi connectivity index (χ3n) is 2.06. The van der Waals surface area contributed by atoms with Crippen LogP contribution < -0.4 is 0 Å². The lowest BCUT2D eigenvalue weighted by Gasteiger charge is -2.10. The van der Waals surface area contributed by atoms with Crippen LogP contribution >= 0.6 is 0 Å². The van der Waals surface area contributed by atoms with Gasteiger partial charge in [0.15, 0.2) is 0 Å². The summed E-state index contributed by atoms with van der Waals surface area (Å²) in [5.41, 5.74) is 0.224. The minimum atomic E-state index is -0.616. The van der Waals surface area contributed by atoms with Gasteiger partial charge in [0.2, 0.25) is 0 Å². The Bertz CT molecular complexity index is 388. The Balaban J connectivity index is 3.07. The average molecular weight is 190 g/mol. The highest BCUT2D eigenvalue weighted by atomic mass is 16.6. The van der Waals surface area contributed by atoms with Gasteiger partial charge < -0.3 is 4.85 Å². The molecular formula is C10H10N2O2. The summed E-state index contributed by atoms with van der Waals surface area (Å²) < 4.78 is 0. The zero-order valence-electron chi connectivity index (χ0n) is 8.02. The molecular weight excluding hydrogens is 180 g/mol. The van der Waals surface area contributed by atoms with Crippen LogP contribution in [0.2, 0.25) is 0 Å². The zero-order valence-corrected chi connectivity index (χ0v) is 8.02. The van der Waals surface area contributed by atoms with Crippen LogP contribution in [0.4, 0.5) is 5.69 Å². The van der Waals surface area contributed by atoms with E-state index in [2.05, 4.69) is 4.85 Å². The van der Waals surface area contributed by atoms with Gasteiger partial charge in [0.05, 0.1) is 4.92 Å². The number of nitro benzene ring substituents is 1. The van der Waals surface area contributed by atoms with E-state index in [4.69, 9.17) is 6.57 Å². The third-order valence-corrected chi connectivity index (χ3v) is 2.06. The van der Waals surface area contributed by atoms with E-state index >= 15 is 0 Å². The Morgan fingerprint density at radius 1 is 1.36 bits per heavy atom. The SMILES string of the molecule is [C-]#[N+]C(C)(C)c1ccc([N+](=O)[O-])cc1. The lowest BCUT2D eigenvalue weighted by molar-refractivity contribution is -0.384. The smallest absolute Gasteiger partial charge is 0.269 e. The molecule has 1 aromatic carbocycles. The molecule has 0 bridgehead atoms. The molecule has 0 N–H and O–H groups in total. The van der Waals surface area contributed by atoms with Gasteiger partial charge >= 0.3 is 0 Å². The standard InChI is InChI=1S/C10H10N2O2/c1-10(2,11-3)8-4-6-9(7-5-8)12(13)14/h4-7H,1-2H3. The molecule has 0 aliphatic heterocycles. The van der Waals surface area contributed by atoms with Gasteiger partial charge in [-0.3, -0.25) is 10.1 Å². The molecule has 0 aliphatic carbocycles. The fourth-order valence-electron chi connectivity index (χ4n) is 1.06. The van der Waals surface area contributed by atoms with E-state index in [0.29, 0.717) is 0 Å². The first-order chi connectivity index (χ1) is 6.47. The molecule has 0 amide bonds. The monoisotopic (exact) mass is 190 g/mol. The van der Waals surface area contributed by atoms with Crippen molar-refractivity contribution in [3.63, 3.8) is 0 Å². The van der Waals surface area contributed by atoms with Crippen molar-refractivity contribution in [1.82, 2.24) is 0 Å². The lowest BCUT2D eigenvalue weighted by atomic mass is 9.95. The van der Waals surface area contributed by atoms with Crippen LogP contribution in [0.1, 0.15) is 19.4 Å². The number of hydrogen-bond donors (Lipinski definition) is 0. The molecule has 4 heteroatoms. The molecule has 0 atom stereocenters. The van der Waals surface area contributed by atoms with Crippen LogP contribution in [0.3, 0.4) is 0 Å². The first-order valence-electron chi connectivity index (χ1n) is 4.11. The van der Waals surface area contributed by atoms with Crippen molar-refractivity contribution in [2.24, 2.45) is 0 Å². The summed E-state index contributed by atoms with van der Waals surface area (Å²) in [6.45, 7) is 10.5. The maximum Gasteiger partial charge on any atom is 0.269 e. The number of benzene rings is 1. The maximum absolute atomic E-state index is 10.4. The average Bonchev–Trinajstić information content (AvgIpc) is 2.18. The molecule has 0 fully saturated rings. The highest BCUT2D eigenvalue weighted by Crippen LogP contribution is 2.26. The van der Waals surface area contributed by atoms with Gasteiger partial charge in [0.1, 0.15) is 0 Å². The maximum atomic E-state index is 10.4. The summed E-state index contributed by atoms with van der Waals surface area (Å²) in [7, 11) is 0. The molecule has 14 heavy (non-hydrogen) atoms. The molecule has 0 saturated heterocycles. The zero-order chi connectivity index (χ0) is 10.8. The number of hydrogen-bond acceptors (Lipinski definition) is 2. The molecule has 0 unspecified atom stereocenters. The number of nitrogens with zero attached hydrogens (tertiary/aromatic N) is 2. The molecule has 0 aliphatic rings. The van der Waals surface area contributed by atoms with Crippen LogP contribution in [0.25, 0.3) is 4.85 Å². The molecule has 72 valence electrons. The van der Waals surface area contributed by atoms with E-state index in [0.717, 1.165) is 5.56 Å². The summed E-state index contributed by atoms with van der Waals surface area (Å²) in [4.78, 5) is 13.4. The first-order valence-corrected chi connectivity index (χ1v) is 4.11. The summed E-state index contributed by atoms with van der Waals surface area (Å²) in [6, 6.07) is 6.08. The van der Waals surface area contributed by atoms with Crippen LogP contribution in [0.5, 0.6) is 0 Å². The van der Waals surface area contributed by atoms with Crippen molar-refractivity contribution >= 4 is 5.69 Å². The fraction of sp³-hybridized carbons (Fsp3) is 0.300. The fourth-order valence-corrected chi connectivity index (χ4v) is 1.06. The van der Waals surface area contributed by atoms with Crippen LogP contribution in [0.15, 0.2) is 24.3 Å². The van der Waals surface area contributed by atoms with Crippen molar-refractivity contribution in [3.8, 4) is 0 Å². The van der Waals surface area contributed by atoms with Crippen molar-refractivity contribution in [3.05, 3.63) is 51.4 Å². The second-order valence-electron chi connectivity index (χ2n) is 3.47. The van der Waals surface area contributed by atoms with Crippen molar-refractivity contribution < 1.29 is 4.92 Å². The summed E-state index contributed by atoms with van der Waals surface area (Å²) >= 11 is 0. The topological polar surface area (TPSA) is 47.5 Å². The van der Waals surface area contributed by atoms with Gasteiger partial charge in [-0.1, -0.05) is 0 Å². The Morgan fingerprint density at radius 2 is 1.86 bits per heavy atom. The molecule has 0 saturated carbocycles. The predicted molar refractivity (Wildman–Crippen MR) is 52.7 cm³/mol. The molecule has 0 heterocycles. The second-order valence-corrected chi connectivity index (χ2v) is 3.47. The van der Waals surface area contributed by atoms with Gasteiger partial charge in [0, 0.05) is 31.5 Å². The predicted octanol–water partition coefficient (Wildman–Crippen LogP) is 2.75. The van der Waals surface area contributed by atoms with Gasteiger partial charge in [-0.15, -0.1) is 0 Å². The summed E-state index contributed by atoms with van der Waals surface area (Å²) in [5.74, 6) is 0. The Labute approximate surface area is 82.1 Å². The Morgan fingerprint density at radius 3 is 2.21 bits per heavy atom. The highest BCUT2D eigenvalue weighted by molar-refractivity contribution is 5.36. The third kappa shape index (κ3) is 1.88. The van der Waals surface area contributed by atoms with E-state index in [1.165, 1.54) is 12.1 Å². The molecule has 0 aromatic heterocycles. The van der Waals surface area contributed by atoms with E-state index < -0.39 is 10.5 Å². The van der Waals surface area contributed by atoms with Gasteiger partial charge in [-0.2, -0.15) is 0 Å². The lowest BCUT2D eigenvalue weighted by Crippen LogP contribution is -2.10. The van der Waals surface area contributed by atoms with E-state index in [-0.39, 0.29) is 5.69 Å². The first kappa shape index (κ1) is 10.2. The Hall–Kier alpha value is -1.89. The minimum Gasteiger partial charge on any atom is -0.306 e. The van der Waals surface area contributed by atoms with Crippen molar-refractivity contribution in [1.29, 1.82) is 0 Å². The quantitative estimate of drug-likeness (QED) is 0.409. The van der Waals surface area contributed by atoms with E-state index in [1.807, 2.05) is 0 Å². The van der Waals surface area contributed by atoms with Crippen molar-refractivity contribution in [2.45, 2.75) is 19.4 Å². The Kier molecular flexibility index (Phi) is 2.52. The largest absolute Gasteiger partial charge is 0.306 e. The summed E-state index contributed by atoms with van der Waals surface area (Å²) in [5, 5.41) is 10.4. The molecule has 4 nitrogen and oxygen atoms in total.